The first kappa shape index (κ1) is 21.9. The minimum absolute atomic E-state index is 0.00258. The quantitative estimate of drug-likeness (QED) is 0.266. The molecule has 2 nitrogen and oxygen atoms in total. The molecule has 168 valence electrons. The molecule has 33 heavy (non-hydrogen) atoms. The largest absolute Gasteiger partial charge is 0.377 e. The number of aryl methyl sites for hydroxylation is 2. The van der Waals surface area contributed by atoms with E-state index in [2.05, 4.69) is 107 Å². The van der Waals surface area contributed by atoms with Gasteiger partial charge >= 0.3 is 0 Å². The van der Waals surface area contributed by atoms with E-state index < -0.39 is 0 Å². The molecule has 0 bridgehead atoms. The smallest absolute Gasteiger partial charge is 0.221 e. The number of benzene rings is 3. The maximum absolute atomic E-state index is 5.87. The second-order valence-electron chi connectivity index (χ2n) is 10.8. The Labute approximate surface area is 197 Å². The van der Waals surface area contributed by atoms with Crippen LogP contribution in [0.5, 0.6) is 0 Å². The molecule has 0 N–H and O–H groups in total. The van der Waals surface area contributed by atoms with Gasteiger partial charge in [-0.2, -0.15) is 0 Å². The van der Waals surface area contributed by atoms with Gasteiger partial charge in [0.25, 0.3) is 0 Å². The van der Waals surface area contributed by atoms with Crippen LogP contribution in [0, 0.1) is 12.3 Å². The summed E-state index contributed by atoms with van der Waals surface area (Å²) in [6, 6.07) is 20.7. The van der Waals surface area contributed by atoms with Crippen molar-refractivity contribution in [2.45, 2.75) is 47.1 Å². The van der Waals surface area contributed by atoms with Crippen molar-refractivity contribution >= 4 is 10.8 Å². The fourth-order valence-corrected chi connectivity index (χ4v) is 5.49. The van der Waals surface area contributed by atoms with Gasteiger partial charge in [0.2, 0.25) is 5.69 Å². The van der Waals surface area contributed by atoms with Crippen molar-refractivity contribution < 1.29 is 9.30 Å². The van der Waals surface area contributed by atoms with Crippen molar-refractivity contribution in [3.8, 4) is 33.5 Å². The first-order valence-electron chi connectivity index (χ1n) is 11.9. The second kappa shape index (κ2) is 7.81. The third-order valence-corrected chi connectivity index (χ3v) is 6.88. The maximum Gasteiger partial charge on any atom is 0.221 e. The molecule has 4 aromatic rings. The third kappa shape index (κ3) is 3.67. The number of aromatic nitrogens is 1. The lowest BCUT2D eigenvalue weighted by atomic mass is 9.85. The molecule has 1 heterocycles. The molecule has 0 radical (unpaired) electrons. The van der Waals surface area contributed by atoms with Crippen molar-refractivity contribution in [2.75, 3.05) is 7.11 Å². The van der Waals surface area contributed by atoms with Gasteiger partial charge in [-0.05, 0) is 64.5 Å². The Hall–Kier alpha value is -2.97. The van der Waals surface area contributed by atoms with Crippen molar-refractivity contribution in [3.63, 3.8) is 0 Å². The number of methoxy groups -OCH3 is 1. The lowest BCUT2D eigenvalue weighted by Gasteiger charge is -2.20. The van der Waals surface area contributed by atoms with Gasteiger partial charge in [0.15, 0.2) is 6.20 Å². The summed E-state index contributed by atoms with van der Waals surface area (Å²) in [4.78, 5) is 0. The Morgan fingerprint density at radius 2 is 1.61 bits per heavy atom. The monoisotopic (exact) mass is 436 g/mol. The molecule has 0 saturated heterocycles. The molecule has 1 atom stereocenters. The number of hydrogen-bond acceptors (Lipinski definition) is 1. The zero-order valence-corrected chi connectivity index (χ0v) is 20.9. The Bertz CT molecular complexity index is 1390. The predicted molar refractivity (Wildman–Crippen MR) is 138 cm³/mol. The second-order valence-corrected chi connectivity index (χ2v) is 10.8. The van der Waals surface area contributed by atoms with Crippen LogP contribution in [0.3, 0.4) is 0 Å². The maximum atomic E-state index is 5.87. The van der Waals surface area contributed by atoms with E-state index in [-0.39, 0.29) is 11.5 Å². The fraction of sp³-hybridized carbons (Fsp3) is 0.323. The molecule has 0 fully saturated rings. The summed E-state index contributed by atoms with van der Waals surface area (Å²) in [6.45, 7) is 11.3. The Morgan fingerprint density at radius 1 is 0.909 bits per heavy atom. The van der Waals surface area contributed by atoms with E-state index in [0.29, 0.717) is 0 Å². The zero-order chi connectivity index (χ0) is 23.5. The number of rotatable bonds is 3. The van der Waals surface area contributed by atoms with E-state index in [1.165, 1.54) is 61.0 Å². The van der Waals surface area contributed by atoms with Crippen LogP contribution >= 0.6 is 0 Å². The lowest BCUT2D eigenvalue weighted by Crippen LogP contribution is -2.31. The topological polar surface area (TPSA) is 13.1 Å². The average molecular weight is 437 g/mol. The highest BCUT2D eigenvalue weighted by Crippen LogP contribution is 2.49. The van der Waals surface area contributed by atoms with Crippen molar-refractivity contribution in [1.29, 1.82) is 0 Å². The molecule has 1 aliphatic rings. The first-order chi connectivity index (χ1) is 15.7. The number of hydrogen-bond donors (Lipinski definition) is 0. The molecule has 5 rings (SSSR count). The summed E-state index contributed by atoms with van der Waals surface area (Å²) in [6.07, 6.45) is 3.26. The molecular formula is C31H34NO+. The Kier molecular flexibility index (Phi) is 5.17. The molecule has 3 aromatic carbocycles. The van der Waals surface area contributed by atoms with Gasteiger partial charge in [0, 0.05) is 13.2 Å². The van der Waals surface area contributed by atoms with Gasteiger partial charge in [0.05, 0.1) is 17.1 Å². The van der Waals surface area contributed by atoms with Gasteiger partial charge in [-0.15, -0.1) is 0 Å². The molecule has 0 aliphatic heterocycles. The number of fused-ring (bicyclic) bond motifs is 5. The zero-order valence-electron chi connectivity index (χ0n) is 20.9. The molecule has 0 unspecified atom stereocenters. The van der Waals surface area contributed by atoms with Crippen LogP contribution in [0.4, 0.5) is 0 Å². The lowest BCUT2D eigenvalue weighted by molar-refractivity contribution is -0.659. The number of nitrogens with zero attached hydrogens (tertiary/aromatic N) is 1. The minimum Gasteiger partial charge on any atom is -0.377 e. The molecular weight excluding hydrogens is 402 g/mol. The van der Waals surface area contributed by atoms with Crippen LogP contribution < -0.4 is 4.57 Å². The van der Waals surface area contributed by atoms with Crippen molar-refractivity contribution in [3.05, 3.63) is 77.5 Å². The van der Waals surface area contributed by atoms with E-state index in [4.69, 9.17) is 4.74 Å². The normalized spacial score (nSPS) is 13.4. The molecule has 0 spiro atoms. The third-order valence-electron chi connectivity index (χ3n) is 6.88. The van der Waals surface area contributed by atoms with E-state index in [1.807, 2.05) is 0 Å². The average Bonchev–Trinajstić information content (AvgIpc) is 2.88. The van der Waals surface area contributed by atoms with Crippen LogP contribution in [0.25, 0.3) is 44.3 Å². The van der Waals surface area contributed by atoms with Crippen LogP contribution in [-0.2, 0) is 18.2 Å². The summed E-state index contributed by atoms with van der Waals surface area (Å²) >= 11 is 0. The molecule has 1 aromatic heterocycles. The van der Waals surface area contributed by atoms with E-state index in [1.54, 1.807) is 7.11 Å². The van der Waals surface area contributed by atoms with Crippen LogP contribution in [0.15, 0.2) is 60.8 Å². The van der Waals surface area contributed by atoms with E-state index in [9.17, 15) is 0 Å². The van der Waals surface area contributed by atoms with Gasteiger partial charge < -0.3 is 4.74 Å². The first-order valence-corrected chi connectivity index (χ1v) is 11.9. The van der Waals surface area contributed by atoms with Gasteiger partial charge in [-0.25, -0.2) is 4.57 Å². The van der Waals surface area contributed by atoms with Gasteiger partial charge in [-0.1, -0.05) is 74.9 Å². The highest BCUT2D eigenvalue weighted by Gasteiger charge is 2.31. The summed E-state index contributed by atoms with van der Waals surface area (Å²) in [7, 11) is 3.97. The molecule has 1 aliphatic carbocycles. The van der Waals surface area contributed by atoms with Crippen LogP contribution in [0.2, 0.25) is 0 Å². The fourth-order valence-electron chi connectivity index (χ4n) is 5.49. The number of ether oxygens (including phenoxy) is 1. The SMILES string of the molecule is CO[C@H](C)c1cc(C)cc2c1-c1c3c(cc(CC(C)(C)C)cc3cc[n+]1C)-c1ccccc1-2. The van der Waals surface area contributed by atoms with Crippen molar-refractivity contribution in [2.24, 2.45) is 12.5 Å². The van der Waals surface area contributed by atoms with Gasteiger partial charge in [-0.3, -0.25) is 0 Å². The highest BCUT2D eigenvalue weighted by atomic mass is 16.5. The minimum atomic E-state index is 0.00258. The van der Waals surface area contributed by atoms with Gasteiger partial charge in [0.1, 0.15) is 7.05 Å². The Morgan fingerprint density at radius 3 is 2.27 bits per heavy atom. The van der Waals surface area contributed by atoms with E-state index in [0.717, 1.165) is 6.42 Å². The summed E-state index contributed by atoms with van der Waals surface area (Å²) in [5.74, 6) is 0. The van der Waals surface area contributed by atoms with Crippen molar-refractivity contribution in [1.82, 2.24) is 0 Å². The summed E-state index contributed by atoms with van der Waals surface area (Å²) in [5.41, 5.74) is 11.9. The predicted octanol–water partition coefficient (Wildman–Crippen LogP) is 7.58. The number of pyridine rings is 1. The molecule has 0 amide bonds. The van der Waals surface area contributed by atoms with E-state index >= 15 is 0 Å². The summed E-state index contributed by atoms with van der Waals surface area (Å²) in [5, 5.41) is 2.64. The molecule has 0 saturated carbocycles. The standard InChI is InChI=1S/C31H34NO/c1-19-14-25(20(2)33-7)29-26(15-19)23-10-8-9-11-24(23)27-17-21(18-31(3,4)5)16-22-12-13-32(6)30(29)28(22)27/h8-17,20H,18H2,1-7H3/q+1/t20-/m1/s1. The Balaban J connectivity index is 1.99. The van der Waals surface area contributed by atoms with Crippen LogP contribution in [0.1, 0.15) is 50.5 Å². The summed E-state index contributed by atoms with van der Waals surface area (Å²) < 4.78 is 8.17. The molecule has 2 heteroatoms. The highest BCUT2D eigenvalue weighted by molar-refractivity contribution is 6.12. The van der Waals surface area contributed by atoms with Crippen LogP contribution in [-0.4, -0.2) is 7.11 Å².